The van der Waals surface area contributed by atoms with Crippen molar-refractivity contribution < 1.29 is 26.8 Å². The fraction of sp³-hybridized carbons (Fsp3) is 0.455. The van der Waals surface area contributed by atoms with Crippen molar-refractivity contribution in [2.75, 3.05) is 11.9 Å². The SMILES string of the molecule is Cc1ccc([C@H]2C[C@@H]2COc2cc(NCc3nnc(C(C)(C)O)s3)nc(C)n2)nc1.[Br-].[CH3-].[Mg+2]. The molecule has 3 aromatic rings. The molecule has 33 heavy (non-hydrogen) atoms. The van der Waals surface area contributed by atoms with Gasteiger partial charge in [-0.3, -0.25) is 4.98 Å². The van der Waals surface area contributed by atoms with E-state index in [1.165, 1.54) is 16.9 Å². The number of hydrogen-bond acceptors (Lipinski definition) is 9. The van der Waals surface area contributed by atoms with Gasteiger partial charge in [-0.2, -0.15) is 4.98 Å². The molecule has 4 rings (SSSR count). The summed E-state index contributed by atoms with van der Waals surface area (Å²) in [5, 5.41) is 22.8. The van der Waals surface area contributed by atoms with Crippen molar-refractivity contribution in [3.63, 3.8) is 0 Å². The normalized spacial score (nSPS) is 16.6. The Bertz CT molecular complexity index is 1030. The van der Waals surface area contributed by atoms with Gasteiger partial charge in [-0.05, 0) is 45.7 Å². The summed E-state index contributed by atoms with van der Waals surface area (Å²) >= 11 is 1.37. The molecule has 1 fully saturated rings. The van der Waals surface area contributed by atoms with Crippen molar-refractivity contribution in [2.24, 2.45) is 5.92 Å². The first-order valence-electron chi connectivity index (χ1n) is 9.98. The van der Waals surface area contributed by atoms with Gasteiger partial charge in [0.2, 0.25) is 5.88 Å². The molecule has 0 radical (unpaired) electrons. The number of rotatable bonds is 8. The van der Waals surface area contributed by atoms with E-state index in [-0.39, 0.29) is 47.5 Å². The smallest absolute Gasteiger partial charge is 1.00 e. The topological polar surface area (TPSA) is 106 Å². The Hall–Kier alpha value is -1.40. The second-order valence-corrected chi connectivity index (χ2v) is 9.29. The fourth-order valence-corrected chi connectivity index (χ4v) is 3.91. The van der Waals surface area contributed by atoms with Gasteiger partial charge >= 0.3 is 23.1 Å². The van der Waals surface area contributed by atoms with Crippen LogP contribution in [0.4, 0.5) is 5.82 Å². The van der Waals surface area contributed by atoms with Crippen molar-refractivity contribution in [1.29, 1.82) is 0 Å². The summed E-state index contributed by atoms with van der Waals surface area (Å²) < 4.78 is 5.95. The molecule has 0 aromatic carbocycles. The average molecular weight is 546 g/mol. The molecule has 2 atom stereocenters. The Balaban J connectivity index is 0.00000181. The summed E-state index contributed by atoms with van der Waals surface area (Å²) in [6.07, 6.45) is 3.01. The standard InChI is InChI=1S/C21H26N6O2S.CH3.BrH.Mg/c1-12-5-6-16(22-9-12)15-7-14(15)11-29-18-8-17(24-13(2)25-18)23-10-19-26-27-20(30-19)21(3,4)28;;;/h5-6,8-9,14-15,28H,7,10-11H2,1-4H3,(H,23,24,25);1H3;1H;/q;-1;;+2/p-1/t14-,15+;;;/m1.../s1. The van der Waals surface area contributed by atoms with E-state index < -0.39 is 5.60 Å². The Morgan fingerprint density at radius 2 is 1.97 bits per heavy atom. The molecule has 174 valence electrons. The van der Waals surface area contributed by atoms with Gasteiger partial charge in [0.15, 0.2) is 0 Å². The molecule has 2 N–H and O–H groups in total. The van der Waals surface area contributed by atoms with Crippen LogP contribution in [0.15, 0.2) is 24.4 Å². The summed E-state index contributed by atoms with van der Waals surface area (Å²) in [4.78, 5) is 13.3. The number of pyridine rings is 1. The second-order valence-electron chi connectivity index (χ2n) is 8.23. The molecule has 1 saturated carbocycles. The van der Waals surface area contributed by atoms with Crippen LogP contribution < -0.4 is 27.0 Å². The summed E-state index contributed by atoms with van der Waals surface area (Å²) in [6.45, 7) is 8.36. The van der Waals surface area contributed by atoms with Crippen LogP contribution in [0.3, 0.4) is 0 Å². The molecule has 0 bridgehead atoms. The van der Waals surface area contributed by atoms with E-state index in [9.17, 15) is 5.11 Å². The van der Waals surface area contributed by atoms with Gasteiger partial charge in [-0.1, -0.05) is 17.4 Å². The third-order valence-electron chi connectivity index (χ3n) is 4.91. The molecule has 0 spiro atoms. The summed E-state index contributed by atoms with van der Waals surface area (Å²) in [7, 11) is 0. The largest absolute Gasteiger partial charge is 2.00 e. The molecule has 3 aromatic heterocycles. The van der Waals surface area contributed by atoms with E-state index >= 15 is 0 Å². The van der Waals surface area contributed by atoms with E-state index in [4.69, 9.17) is 4.74 Å². The number of aliphatic hydroxyl groups is 1. The number of nitrogens with zero attached hydrogens (tertiary/aromatic N) is 5. The minimum absolute atomic E-state index is 0. The maximum absolute atomic E-state index is 10.0. The van der Waals surface area contributed by atoms with Gasteiger partial charge in [0.1, 0.15) is 27.3 Å². The van der Waals surface area contributed by atoms with E-state index in [2.05, 4.69) is 42.6 Å². The van der Waals surface area contributed by atoms with Crippen LogP contribution in [-0.4, -0.2) is 59.9 Å². The number of ether oxygens (including phenoxy) is 1. The van der Waals surface area contributed by atoms with Gasteiger partial charge in [0.25, 0.3) is 0 Å². The molecule has 3 heterocycles. The number of aryl methyl sites for hydroxylation is 2. The van der Waals surface area contributed by atoms with Gasteiger partial charge in [0, 0.05) is 29.8 Å². The second kappa shape index (κ2) is 12.3. The summed E-state index contributed by atoms with van der Waals surface area (Å²) in [5.74, 6) is 2.80. The number of anilines is 1. The van der Waals surface area contributed by atoms with Crippen LogP contribution in [0.2, 0.25) is 0 Å². The first kappa shape index (κ1) is 29.6. The Labute approximate surface area is 226 Å². The minimum atomic E-state index is -0.989. The molecule has 0 unspecified atom stereocenters. The minimum Gasteiger partial charge on any atom is -1.00 e. The van der Waals surface area contributed by atoms with E-state index in [0.717, 1.165) is 17.1 Å². The zero-order valence-electron chi connectivity index (χ0n) is 19.7. The molecule has 1 aliphatic rings. The van der Waals surface area contributed by atoms with Crippen molar-refractivity contribution in [3.8, 4) is 5.88 Å². The molecule has 0 aliphatic heterocycles. The van der Waals surface area contributed by atoms with Crippen LogP contribution in [0, 0.1) is 27.2 Å². The Morgan fingerprint density at radius 1 is 1.21 bits per heavy atom. The van der Waals surface area contributed by atoms with Gasteiger partial charge in [-0.15, -0.1) is 10.2 Å². The van der Waals surface area contributed by atoms with Crippen molar-refractivity contribution in [3.05, 3.63) is 58.9 Å². The molecular formula is C22H29BrMgN6O2S. The molecular weight excluding hydrogens is 517 g/mol. The number of hydrogen-bond donors (Lipinski definition) is 2. The molecule has 0 amide bonds. The van der Waals surface area contributed by atoms with Crippen molar-refractivity contribution in [2.45, 2.75) is 52.2 Å². The zero-order valence-corrected chi connectivity index (χ0v) is 23.5. The summed E-state index contributed by atoms with van der Waals surface area (Å²) in [5.41, 5.74) is 1.32. The maximum atomic E-state index is 10.0. The monoisotopic (exact) mass is 544 g/mol. The number of aromatic nitrogens is 5. The maximum Gasteiger partial charge on any atom is 2.00 e. The van der Waals surface area contributed by atoms with Crippen molar-refractivity contribution in [1.82, 2.24) is 25.1 Å². The molecule has 8 nitrogen and oxygen atoms in total. The van der Waals surface area contributed by atoms with Gasteiger partial charge in [0.05, 0.1) is 13.2 Å². The summed E-state index contributed by atoms with van der Waals surface area (Å²) in [6, 6.07) is 6.01. The average Bonchev–Trinajstić information content (AvgIpc) is 3.29. The molecule has 0 saturated heterocycles. The van der Waals surface area contributed by atoms with Crippen LogP contribution in [-0.2, 0) is 12.1 Å². The first-order chi connectivity index (χ1) is 14.3. The zero-order chi connectivity index (χ0) is 21.3. The third-order valence-corrected chi connectivity index (χ3v) is 6.14. The van der Waals surface area contributed by atoms with E-state index in [0.29, 0.717) is 47.5 Å². The van der Waals surface area contributed by atoms with E-state index in [1.54, 1.807) is 19.9 Å². The molecule has 1 aliphatic carbocycles. The van der Waals surface area contributed by atoms with Gasteiger partial charge in [-0.25, -0.2) is 4.98 Å². The number of nitrogens with one attached hydrogen (secondary N) is 1. The predicted octanol–water partition coefficient (Wildman–Crippen LogP) is 0.435. The quantitative estimate of drug-likeness (QED) is 0.310. The van der Waals surface area contributed by atoms with Gasteiger partial charge < -0.3 is 39.6 Å². The predicted molar refractivity (Wildman–Crippen MR) is 127 cm³/mol. The van der Waals surface area contributed by atoms with E-state index in [1.807, 2.05) is 20.0 Å². The fourth-order valence-electron chi connectivity index (χ4n) is 3.13. The van der Waals surface area contributed by atoms with Crippen LogP contribution >= 0.6 is 11.3 Å². The van der Waals surface area contributed by atoms with Crippen LogP contribution in [0.5, 0.6) is 5.88 Å². The van der Waals surface area contributed by atoms with Crippen LogP contribution in [0.1, 0.15) is 53.3 Å². The first-order valence-corrected chi connectivity index (χ1v) is 10.8. The van der Waals surface area contributed by atoms with Crippen molar-refractivity contribution >= 4 is 40.2 Å². The Kier molecular flexibility index (Phi) is 11.1. The number of halogens is 1. The third kappa shape index (κ3) is 8.09. The Morgan fingerprint density at radius 3 is 2.61 bits per heavy atom. The molecule has 11 heteroatoms. The van der Waals surface area contributed by atoms with Crippen LogP contribution in [0.25, 0.3) is 0 Å².